The molecule has 0 heterocycles. The van der Waals surface area contributed by atoms with Gasteiger partial charge >= 0.3 is 12.0 Å². The number of hydrogen-bond donors (Lipinski definition) is 4. The first-order chi connectivity index (χ1) is 7.61. The number of methoxy groups -OCH3 is 1. The lowest BCUT2D eigenvalue weighted by Crippen LogP contribution is -2.46. The Hall–Kier alpha value is -1.34. The number of carbonyl (C=O) groups is 2. The molecule has 0 aromatic carbocycles. The SMILES string of the molecule is COCCC(NC(=O)NCCCN)C(=O)O. The maximum Gasteiger partial charge on any atom is 0.326 e. The molecule has 0 aliphatic heterocycles. The lowest BCUT2D eigenvalue weighted by molar-refractivity contribution is -0.139. The molecule has 0 bridgehead atoms. The van der Waals surface area contributed by atoms with Crippen molar-refractivity contribution in [2.24, 2.45) is 5.73 Å². The highest BCUT2D eigenvalue weighted by molar-refractivity contribution is 5.82. The van der Waals surface area contributed by atoms with Crippen LogP contribution in [0.1, 0.15) is 12.8 Å². The van der Waals surface area contributed by atoms with E-state index in [0.717, 1.165) is 0 Å². The molecule has 0 aliphatic rings. The molecule has 5 N–H and O–H groups in total. The van der Waals surface area contributed by atoms with E-state index in [2.05, 4.69) is 10.6 Å². The smallest absolute Gasteiger partial charge is 0.326 e. The Balaban J connectivity index is 3.88. The van der Waals surface area contributed by atoms with Crippen LogP contribution in [0.25, 0.3) is 0 Å². The van der Waals surface area contributed by atoms with E-state index in [4.69, 9.17) is 15.6 Å². The molecule has 94 valence electrons. The second-order valence-electron chi connectivity index (χ2n) is 3.21. The summed E-state index contributed by atoms with van der Waals surface area (Å²) < 4.78 is 4.75. The van der Waals surface area contributed by atoms with Gasteiger partial charge in [-0.25, -0.2) is 9.59 Å². The van der Waals surface area contributed by atoms with E-state index in [1.54, 1.807) is 0 Å². The van der Waals surface area contributed by atoms with Crippen molar-refractivity contribution >= 4 is 12.0 Å². The van der Waals surface area contributed by atoms with Crippen LogP contribution in [0, 0.1) is 0 Å². The Bertz CT molecular complexity index is 223. The van der Waals surface area contributed by atoms with Crippen molar-refractivity contribution in [3.8, 4) is 0 Å². The molecule has 2 amide bonds. The molecule has 1 atom stereocenters. The number of carbonyl (C=O) groups excluding carboxylic acids is 1. The highest BCUT2D eigenvalue weighted by atomic mass is 16.5. The minimum Gasteiger partial charge on any atom is -0.480 e. The van der Waals surface area contributed by atoms with Crippen LogP contribution in [-0.4, -0.2) is 50.0 Å². The summed E-state index contributed by atoms with van der Waals surface area (Å²) in [5, 5.41) is 13.7. The van der Waals surface area contributed by atoms with Crippen molar-refractivity contribution in [1.29, 1.82) is 0 Å². The number of urea groups is 1. The van der Waals surface area contributed by atoms with Crippen LogP contribution >= 0.6 is 0 Å². The molecule has 0 saturated heterocycles. The number of rotatable bonds is 8. The van der Waals surface area contributed by atoms with Crippen LogP contribution < -0.4 is 16.4 Å². The molecule has 0 aromatic heterocycles. The normalized spacial score (nSPS) is 11.9. The zero-order valence-corrected chi connectivity index (χ0v) is 9.36. The fraction of sp³-hybridized carbons (Fsp3) is 0.778. The van der Waals surface area contributed by atoms with Crippen LogP contribution in [0.15, 0.2) is 0 Å². The van der Waals surface area contributed by atoms with Gasteiger partial charge in [-0.05, 0) is 13.0 Å². The van der Waals surface area contributed by atoms with Crippen LogP contribution in [0.4, 0.5) is 4.79 Å². The van der Waals surface area contributed by atoms with Gasteiger partial charge in [0.25, 0.3) is 0 Å². The maximum absolute atomic E-state index is 11.2. The maximum atomic E-state index is 11.2. The third-order valence-electron chi connectivity index (χ3n) is 1.88. The van der Waals surface area contributed by atoms with Gasteiger partial charge in [0.15, 0.2) is 0 Å². The van der Waals surface area contributed by atoms with Crippen LogP contribution in [-0.2, 0) is 9.53 Å². The first kappa shape index (κ1) is 14.7. The summed E-state index contributed by atoms with van der Waals surface area (Å²) in [6.45, 7) is 1.19. The number of nitrogens with one attached hydrogen (secondary N) is 2. The average molecular weight is 233 g/mol. The van der Waals surface area contributed by atoms with Crippen LogP contribution in [0.2, 0.25) is 0 Å². The number of amides is 2. The number of ether oxygens (including phenoxy) is 1. The zero-order valence-electron chi connectivity index (χ0n) is 9.36. The lowest BCUT2D eigenvalue weighted by Gasteiger charge is -2.14. The van der Waals surface area contributed by atoms with Gasteiger partial charge in [0.1, 0.15) is 6.04 Å². The Kier molecular flexibility index (Phi) is 8.18. The van der Waals surface area contributed by atoms with E-state index < -0.39 is 18.0 Å². The van der Waals surface area contributed by atoms with E-state index >= 15 is 0 Å². The van der Waals surface area contributed by atoms with Crippen molar-refractivity contribution in [2.75, 3.05) is 26.8 Å². The molecule has 0 rings (SSSR count). The summed E-state index contributed by atoms with van der Waals surface area (Å²) in [6.07, 6.45) is 0.888. The topological polar surface area (TPSA) is 114 Å². The summed E-state index contributed by atoms with van der Waals surface area (Å²) in [6, 6.07) is -1.44. The Morgan fingerprint density at radius 2 is 2.19 bits per heavy atom. The quantitative estimate of drug-likeness (QED) is 0.407. The van der Waals surface area contributed by atoms with Gasteiger partial charge in [-0.3, -0.25) is 0 Å². The second kappa shape index (κ2) is 8.93. The largest absolute Gasteiger partial charge is 0.480 e. The fourth-order valence-electron chi connectivity index (χ4n) is 1.01. The fourth-order valence-corrected chi connectivity index (χ4v) is 1.01. The van der Waals surface area contributed by atoms with E-state index in [1.165, 1.54) is 7.11 Å². The first-order valence-corrected chi connectivity index (χ1v) is 5.08. The third-order valence-corrected chi connectivity index (χ3v) is 1.88. The molecule has 1 unspecified atom stereocenters. The monoisotopic (exact) mass is 233 g/mol. The van der Waals surface area contributed by atoms with Gasteiger partial charge in [0.05, 0.1) is 0 Å². The number of aliphatic carboxylic acids is 1. The summed E-state index contributed by atoms with van der Waals surface area (Å²) >= 11 is 0. The molecule has 16 heavy (non-hydrogen) atoms. The Morgan fingerprint density at radius 1 is 1.50 bits per heavy atom. The molecular formula is C9H19N3O4. The number of carboxylic acid groups (broad SMARTS) is 1. The number of nitrogens with two attached hydrogens (primary N) is 1. The number of carboxylic acids is 1. The van der Waals surface area contributed by atoms with Gasteiger partial charge in [-0.15, -0.1) is 0 Å². The predicted octanol–water partition coefficient (Wildman–Crippen LogP) is -0.876. The minimum atomic E-state index is -1.08. The predicted molar refractivity (Wildman–Crippen MR) is 58.1 cm³/mol. The van der Waals surface area contributed by atoms with Crippen LogP contribution in [0.5, 0.6) is 0 Å². The summed E-state index contributed by atoms with van der Waals surface area (Å²) in [7, 11) is 1.47. The zero-order chi connectivity index (χ0) is 12.4. The van der Waals surface area contributed by atoms with Gasteiger partial charge in [-0.1, -0.05) is 0 Å². The highest BCUT2D eigenvalue weighted by Crippen LogP contribution is 1.92. The standard InChI is InChI=1S/C9H19N3O4/c1-16-6-3-7(8(13)14)12-9(15)11-5-2-4-10/h7H,2-6,10H2,1H3,(H,13,14)(H2,11,12,15). The van der Waals surface area contributed by atoms with Crippen LogP contribution in [0.3, 0.4) is 0 Å². The highest BCUT2D eigenvalue weighted by Gasteiger charge is 2.18. The van der Waals surface area contributed by atoms with Gasteiger partial charge in [0, 0.05) is 26.7 Å². The molecular weight excluding hydrogens is 214 g/mol. The minimum absolute atomic E-state index is 0.232. The Labute approximate surface area is 94.3 Å². The summed E-state index contributed by atoms with van der Waals surface area (Å²) in [5.41, 5.74) is 5.25. The van der Waals surface area contributed by atoms with Crippen molar-refractivity contribution in [3.05, 3.63) is 0 Å². The molecule has 7 nitrogen and oxygen atoms in total. The van der Waals surface area contributed by atoms with Gasteiger partial charge < -0.3 is 26.2 Å². The molecule has 0 aliphatic carbocycles. The van der Waals surface area contributed by atoms with Crippen molar-refractivity contribution in [3.63, 3.8) is 0 Å². The van der Waals surface area contributed by atoms with Gasteiger partial charge in [0.2, 0.25) is 0 Å². The third kappa shape index (κ3) is 7.02. The van der Waals surface area contributed by atoms with Gasteiger partial charge in [-0.2, -0.15) is 0 Å². The summed E-state index contributed by atoms with van der Waals surface area (Å²) in [4.78, 5) is 22.0. The van der Waals surface area contributed by atoms with E-state index in [1.807, 2.05) is 0 Å². The van der Waals surface area contributed by atoms with E-state index in [9.17, 15) is 9.59 Å². The van der Waals surface area contributed by atoms with Crippen molar-refractivity contribution in [2.45, 2.75) is 18.9 Å². The first-order valence-electron chi connectivity index (χ1n) is 5.08. The molecule has 0 radical (unpaired) electrons. The molecule has 0 saturated carbocycles. The Morgan fingerprint density at radius 3 is 2.69 bits per heavy atom. The molecule has 0 spiro atoms. The summed E-state index contributed by atoms with van der Waals surface area (Å²) in [5.74, 6) is -1.08. The second-order valence-corrected chi connectivity index (χ2v) is 3.21. The lowest BCUT2D eigenvalue weighted by atomic mass is 10.2. The number of hydrogen-bond acceptors (Lipinski definition) is 4. The average Bonchev–Trinajstić information content (AvgIpc) is 2.24. The molecule has 0 fully saturated rings. The van der Waals surface area contributed by atoms with Crippen molar-refractivity contribution in [1.82, 2.24) is 10.6 Å². The van der Waals surface area contributed by atoms with E-state index in [0.29, 0.717) is 19.5 Å². The molecule has 7 heteroatoms. The van der Waals surface area contributed by atoms with E-state index in [-0.39, 0.29) is 13.0 Å². The van der Waals surface area contributed by atoms with Crippen molar-refractivity contribution < 1.29 is 19.4 Å². The molecule has 0 aromatic rings.